The highest BCUT2D eigenvalue weighted by atomic mass is 32.2. The van der Waals surface area contributed by atoms with E-state index < -0.39 is 15.7 Å². The summed E-state index contributed by atoms with van der Waals surface area (Å²) in [6.45, 7) is 6.55. The van der Waals surface area contributed by atoms with Gasteiger partial charge in [-0.25, -0.2) is 14.6 Å². The predicted molar refractivity (Wildman–Crippen MR) is 123 cm³/mol. The molecular weight excluding hydrogens is 448 g/mol. The highest BCUT2D eigenvalue weighted by Crippen LogP contribution is 2.23. The molecule has 0 aliphatic carbocycles. The standard InChI is InChI=1S/C22H30N4O6S/c1-22(2,3)31-21(28)25-12-10-17(11-13-25)24(4)20(27)26-14-19(23-15-26)16-6-8-18(9-7-16)32-33(5,29)30/h6-9,14-15,17H,10-13H2,1-5H3. The average molecular weight is 479 g/mol. The first-order chi connectivity index (χ1) is 15.3. The summed E-state index contributed by atoms with van der Waals surface area (Å²) in [5, 5.41) is 0. The van der Waals surface area contributed by atoms with Crippen LogP contribution in [0, 0.1) is 0 Å². The van der Waals surface area contributed by atoms with Gasteiger partial charge in [-0.1, -0.05) is 0 Å². The van der Waals surface area contributed by atoms with Gasteiger partial charge in [0.1, 0.15) is 17.7 Å². The first kappa shape index (κ1) is 24.6. The molecule has 0 N–H and O–H groups in total. The Labute approximate surface area is 194 Å². The molecule has 3 rings (SSSR count). The van der Waals surface area contributed by atoms with Crippen molar-refractivity contribution < 1.29 is 26.9 Å². The van der Waals surface area contributed by atoms with Crippen molar-refractivity contribution in [3.63, 3.8) is 0 Å². The number of likely N-dealkylation sites (tertiary alicyclic amines) is 1. The molecule has 180 valence electrons. The van der Waals surface area contributed by atoms with E-state index in [1.807, 2.05) is 20.8 Å². The third kappa shape index (κ3) is 6.70. The van der Waals surface area contributed by atoms with Gasteiger partial charge in [-0.3, -0.25) is 4.57 Å². The van der Waals surface area contributed by atoms with E-state index in [2.05, 4.69) is 4.98 Å². The SMILES string of the molecule is CN(C(=O)n1cnc(-c2ccc(OS(C)(=O)=O)cc2)c1)C1CCN(C(=O)OC(C)(C)C)CC1. The van der Waals surface area contributed by atoms with Crippen molar-refractivity contribution in [3.8, 4) is 17.0 Å². The molecule has 0 spiro atoms. The molecule has 1 aromatic heterocycles. The molecule has 0 unspecified atom stereocenters. The van der Waals surface area contributed by atoms with Crippen molar-refractivity contribution in [2.45, 2.75) is 45.3 Å². The van der Waals surface area contributed by atoms with E-state index >= 15 is 0 Å². The number of ether oxygens (including phenoxy) is 1. The second-order valence-electron chi connectivity index (χ2n) is 9.07. The number of nitrogens with zero attached hydrogens (tertiary/aromatic N) is 4. The smallest absolute Gasteiger partial charge is 0.410 e. The van der Waals surface area contributed by atoms with Crippen LogP contribution in [0.3, 0.4) is 0 Å². The number of hydrogen-bond acceptors (Lipinski definition) is 7. The summed E-state index contributed by atoms with van der Waals surface area (Å²) in [6.07, 6.45) is 5.04. The second kappa shape index (κ2) is 9.42. The first-order valence-electron chi connectivity index (χ1n) is 10.6. The molecule has 1 saturated heterocycles. The molecule has 0 atom stereocenters. The monoisotopic (exact) mass is 478 g/mol. The Morgan fingerprint density at radius 1 is 1.12 bits per heavy atom. The number of rotatable bonds is 4. The third-order valence-corrected chi connectivity index (χ3v) is 5.66. The van der Waals surface area contributed by atoms with Crippen LogP contribution in [-0.2, 0) is 14.9 Å². The lowest BCUT2D eigenvalue weighted by atomic mass is 10.0. The van der Waals surface area contributed by atoms with E-state index in [-0.39, 0.29) is 23.9 Å². The summed E-state index contributed by atoms with van der Waals surface area (Å²) >= 11 is 0. The molecule has 2 amide bonds. The zero-order chi connectivity index (χ0) is 24.4. The largest absolute Gasteiger partial charge is 0.444 e. The van der Waals surface area contributed by atoms with E-state index in [0.717, 1.165) is 11.8 Å². The van der Waals surface area contributed by atoms with Crippen molar-refractivity contribution in [1.29, 1.82) is 0 Å². The van der Waals surface area contributed by atoms with Crippen LogP contribution in [0.2, 0.25) is 0 Å². The van der Waals surface area contributed by atoms with Gasteiger partial charge in [0.15, 0.2) is 0 Å². The Morgan fingerprint density at radius 3 is 2.27 bits per heavy atom. The van der Waals surface area contributed by atoms with Crippen molar-refractivity contribution in [1.82, 2.24) is 19.4 Å². The molecule has 2 heterocycles. The summed E-state index contributed by atoms with van der Waals surface area (Å²) in [5.41, 5.74) is 0.749. The number of imidazole rings is 1. The zero-order valence-corrected chi connectivity index (χ0v) is 20.3. The molecule has 33 heavy (non-hydrogen) atoms. The number of piperidine rings is 1. The van der Waals surface area contributed by atoms with E-state index in [4.69, 9.17) is 8.92 Å². The first-order valence-corrected chi connectivity index (χ1v) is 12.4. The highest BCUT2D eigenvalue weighted by molar-refractivity contribution is 7.86. The fourth-order valence-electron chi connectivity index (χ4n) is 3.53. The zero-order valence-electron chi connectivity index (χ0n) is 19.5. The Hall–Kier alpha value is -3.08. The number of hydrogen-bond donors (Lipinski definition) is 0. The van der Waals surface area contributed by atoms with Crippen LogP contribution in [0.4, 0.5) is 9.59 Å². The van der Waals surface area contributed by atoms with Gasteiger partial charge in [-0.05, 0) is 57.9 Å². The van der Waals surface area contributed by atoms with Crippen LogP contribution in [0.25, 0.3) is 11.3 Å². The number of amides is 2. The molecule has 0 radical (unpaired) electrons. The lowest BCUT2D eigenvalue weighted by molar-refractivity contribution is 0.0172. The van der Waals surface area contributed by atoms with E-state index in [1.165, 1.54) is 23.0 Å². The molecule has 1 fully saturated rings. The molecule has 1 aromatic carbocycles. The fourth-order valence-corrected chi connectivity index (χ4v) is 3.99. The maximum atomic E-state index is 13.0. The molecular formula is C22H30N4O6S. The van der Waals surface area contributed by atoms with Crippen molar-refractivity contribution in [2.24, 2.45) is 0 Å². The van der Waals surface area contributed by atoms with Gasteiger partial charge >= 0.3 is 22.2 Å². The minimum atomic E-state index is -3.60. The number of benzene rings is 1. The predicted octanol–water partition coefficient (Wildman–Crippen LogP) is 3.19. The molecule has 2 aromatic rings. The van der Waals surface area contributed by atoms with Crippen LogP contribution < -0.4 is 4.18 Å². The van der Waals surface area contributed by atoms with Crippen LogP contribution in [0.15, 0.2) is 36.8 Å². The van der Waals surface area contributed by atoms with E-state index in [0.29, 0.717) is 31.6 Å². The van der Waals surface area contributed by atoms with E-state index in [1.54, 1.807) is 35.2 Å². The lowest BCUT2D eigenvalue weighted by Gasteiger charge is -2.37. The van der Waals surface area contributed by atoms with Crippen LogP contribution in [0.5, 0.6) is 5.75 Å². The van der Waals surface area contributed by atoms with Gasteiger partial charge in [0.25, 0.3) is 0 Å². The lowest BCUT2D eigenvalue weighted by Crippen LogP contribution is -2.49. The van der Waals surface area contributed by atoms with Gasteiger partial charge in [0.2, 0.25) is 0 Å². The van der Waals surface area contributed by atoms with Crippen molar-refractivity contribution in [2.75, 3.05) is 26.4 Å². The van der Waals surface area contributed by atoms with Crippen molar-refractivity contribution >= 4 is 22.2 Å². The minimum absolute atomic E-state index is 0.00513. The van der Waals surface area contributed by atoms with Crippen LogP contribution in [-0.4, -0.2) is 77.9 Å². The topological polar surface area (TPSA) is 111 Å². The van der Waals surface area contributed by atoms with Gasteiger partial charge in [-0.15, -0.1) is 0 Å². The quantitative estimate of drug-likeness (QED) is 0.621. The Bertz CT molecular complexity index is 1100. The highest BCUT2D eigenvalue weighted by Gasteiger charge is 2.30. The summed E-state index contributed by atoms with van der Waals surface area (Å²) in [4.78, 5) is 32.8. The van der Waals surface area contributed by atoms with Gasteiger partial charge in [-0.2, -0.15) is 8.42 Å². The average Bonchev–Trinajstić information content (AvgIpc) is 3.21. The second-order valence-corrected chi connectivity index (χ2v) is 10.6. The summed E-state index contributed by atoms with van der Waals surface area (Å²) in [6, 6.07) is 6.18. The third-order valence-electron chi connectivity index (χ3n) is 5.17. The summed E-state index contributed by atoms with van der Waals surface area (Å²) in [7, 11) is -1.85. The maximum absolute atomic E-state index is 13.0. The number of aromatic nitrogens is 2. The maximum Gasteiger partial charge on any atom is 0.410 e. The Kier molecular flexibility index (Phi) is 7.01. The molecule has 11 heteroatoms. The number of carbonyl (C=O) groups is 2. The Balaban J connectivity index is 1.59. The Morgan fingerprint density at radius 2 is 1.73 bits per heavy atom. The van der Waals surface area contributed by atoms with Gasteiger partial charge < -0.3 is 18.7 Å². The molecule has 1 aliphatic rings. The fraction of sp³-hybridized carbons (Fsp3) is 0.500. The molecule has 10 nitrogen and oxygen atoms in total. The summed E-state index contributed by atoms with van der Waals surface area (Å²) < 4.78 is 34.1. The summed E-state index contributed by atoms with van der Waals surface area (Å²) in [5.74, 6) is 0.203. The van der Waals surface area contributed by atoms with Crippen LogP contribution in [0.1, 0.15) is 33.6 Å². The molecule has 0 saturated carbocycles. The molecule has 1 aliphatic heterocycles. The van der Waals surface area contributed by atoms with Gasteiger partial charge in [0.05, 0.1) is 11.9 Å². The molecule has 0 bridgehead atoms. The minimum Gasteiger partial charge on any atom is -0.444 e. The number of carbonyl (C=O) groups excluding carboxylic acids is 2. The van der Waals surface area contributed by atoms with Crippen molar-refractivity contribution in [3.05, 3.63) is 36.8 Å². The van der Waals surface area contributed by atoms with E-state index in [9.17, 15) is 18.0 Å². The normalized spacial score (nSPS) is 15.2. The van der Waals surface area contributed by atoms with Gasteiger partial charge in [0, 0.05) is 37.9 Å². The van der Waals surface area contributed by atoms with Crippen LogP contribution >= 0.6 is 0 Å².